The highest BCUT2D eigenvalue weighted by Crippen LogP contribution is 2.25. The number of carbonyl (C=O) groups excluding carboxylic acids is 2. The molecular formula is C14H11N5O2S. The average Bonchev–Trinajstić information content (AvgIpc) is 3.16. The molecule has 0 fully saturated rings. The lowest BCUT2D eigenvalue weighted by Crippen LogP contribution is -2.11. The van der Waals surface area contributed by atoms with Gasteiger partial charge < -0.3 is 10.7 Å². The number of hydrogen-bond donors (Lipinski definition) is 3. The summed E-state index contributed by atoms with van der Waals surface area (Å²) >= 11 is 1.29. The lowest BCUT2D eigenvalue weighted by Gasteiger charge is -2.00. The highest BCUT2D eigenvalue weighted by Gasteiger charge is 2.12. The van der Waals surface area contributed by atoms with E-state index in [1.54, 1.807) is 36.0 Å². The molecule has 7 nitrogen and oxygen atoms in total. The summed E-state index contributed by atoms with van der Waals surface area (Å²) in [5.74, 6) is -0.813. The molecule has 3 rings (SSSR count). The molecule has 0 saturated carbocycles. The Labute approximate surface area is 129 Å². The molecule has 2 amide bonds. The van der Waals surface area contributed by atoms with Crippen molar-refractivity contribution in [3.05, 3.63) is 53.4 Å². The van der Waals surface area contributed by atoms with Gasteiger partial charge in [0.2, 0.25) is 0 Å². The average molecular weight is 313 g/mol. The number of hydrogen-bond acceptors (Lipinski definition) is 5. The first-order chi connectivity index (χ1) is 10.6. The number of carbonyl (C=O) groups is 2. The zero-order valence-electron chi connectivity index (χ0n) is 11.2. The summed E-state index contributed by atoms with van der Waals surface area (Å²) in [5.41, 5.74) is 7.33. The molecule has 0 spiro atoms. The summed E-state index contributed by atoms with van der Waals surface area (Å²) in [6, 6.07) is 4.97. The van der Waals surface area contributed by atoms with Crippen molar-refractivity contribution in [2.75, 3.05) is 5.32 Å². The summed E-state index contributed by atoms with van der Waals surface area (Å²) in [4.78, 5) is 34.0. The summed E-state index contributed by atoms with van der Waals surface area (Å²) in [5, 5.41) is 4.95. The van der Waals surface area contributed by atoms with Gasteiger partial charge in [-0.3, -0.25) is 19.9 Å². The predicted octanol–water partition coefficient (Wildman–Crippen LogP) is 1.88. The van der Waals surface area contributed by atoms with Crippen molar-refractivity contribution in [3.8, 4) is 11.3 Å². The van der Waals surface area contributed by atoms with Gasteiger partial charge in [-0.25, -0.2) is 4.98 Å². The van der Waals surface area contributed by atoms with Crippen LogP contribution in [0.3, 0.4) is 0 Å². The van der Waals surface area contributed by atoms with Gasteiger partial charge in [-0.15, -0.1) is 11.3 Å². The van der Waals surface area contributed by atoms with Crippen LogP contribution in [0.15, 0.2) is 42.2 Å². The molecule has 0 unspecified atom stereocenters. The van der Waals surface area contributed by atoms with E-state index in [4.69, 9.17) is 5.73 Å². The minimum Gasteiger partial charge on any atom is -0.364 e. The Bertz CT molecular complexity index is 825. The number of nitrogens with one attached hydrogen (secondary N) is 2. The normalized spacial score (nSPS) is 10.4. The van der Waals surface area contributed by atoms with Crippen molar-refractivity contribution in [2.45, 2.75) is 0 Å². The fourth-order valence-corrected chi connectivity index (χ4v) is 2.53. The van der Waals surface area contributed by atoms with E-state index < -0.39 is 5.91 Å². The van der Waals surface area contributed by atoms with E-state index in [0.717, 1.165) is 5.56 Å². The van der Waals surface area contributed by atoms with E-state index in [-0.39, 0.29) is 5.91 Å². The smallest absolute Gasteiger partial charge is 0.265 e. The Balaban J connectivity index is 1.76. The number of rotatable bonds is 4. The van der Waals surface area contributed by atoms with Crippen LogP contribution < -0.4 is 11.1 Å². The number of aromatic nitrogens is 3. The first-order valence-electron chi connectivity index (χ1n) is 6.29. The molecule has 0 atom stereocenters. The molecule has 0 aliphatic heterocycles. The van der Waals surface area contributed by atoms with Crippen molar-refractivity contribution in [1.29, 1.82) is 0 Å². The molecule has 22 heavy (non-hydrogen) atoms. The minimum atomic E-state index is -0.536. The molecule has 0 aliphatic carbocycles. The topological polar surface area (TPSA) is 114 Å². The highest BCUT2D eigenvalue weighted by molar-refractivity contribution is 7.14. The van der Waals surface area contributed by atoms with Gasteiger partial charge in [-0.1, -0.05) is 0 Å². The van der Waals surface area contributed by atoms with Gasteiger partial charge in [0.05, 0.1) is 11.3 Å². The molecule has 0 radical (unpaired) electrons. The van der Waals surface area contributed by atoms with Crippen molar-refractivity contribution < 1.29 is 9.59 Å². The van der Waals surface area contributed by atoms with E-state index in [9.17, 15) is 9.59 Å². The molecule has 0 bridgehead atoms. The van der Waals surface area contributed by atoms with Crippen molar-refractivity contribution in [3.63, 3.8) is 0 Å². The molecule has 3 aromatic heterocycles. The van der Waals surface area contributed by atoms with Crippen molar-refractivity contribution in [1.82, 2.24) is 15.0 Å². The first-order valence-corrected chi connectivity index (χ1v) is 7.17. The molecule has 4 N–H and O–H groups in total. The Morgan fingerprint density at radius 1 is 1.36 bits per heavy atom. The second kappa shape index (κ2) is 5.78. The fourth-order valence-electron chi connectivity index (χ4n) is 1.81. The molecule has 0 saturated heterocycles. The number of primary amides is 1. The molecule has 3 aromatic rings. The zero-order valence-corrected chi connectivity index (χ0v) is 12.1. The number of amides is 2. The standard InChI is InChI=1S/C14H11N5O2S/c15-12(20)10-4-9(6-17-10)11-7-22-14(18-11)19-13(21)8-2-1-3-16-5-8/h1-7,17H,(H2,15,20)(H,18,19,21). The molecule has 0 aliphatic rings. The SMILES string of the molecule is NC(=O)c1cc(-c2csc(NC(=O)c3cccnc3)n2)c[nH]1. The van der Waals surface area contributed by atoms with E-state index in [1.807, 2.05) is 0 Å². The second-order valence-electron chi connectivity index (χ2n) is 4.40. The van der Waals surface area contributed by atoms with Gasteiger partial charge >= 0.3 is 0 Å². The third-order valence-corrected chi connectivity index (χ3v) is 3.65. The van der Waals surface area contributed by atoms with Crippen LogP contribution in [0.5, 0.6) is 0 Å². The third-order valence-electron chi connectivity index (χ3n) is 2.89. The van der Waals surface area contributed by atoms with E-state index in [2.05, 4.69) is 20.3 Å². The quantitative estimate of drug-likeness (QED) is 0.682. The van der Waals surface area contributed by atoms with Crippen LogP contribution in [0.25, 0.3) is 11.3 Å². The van der Waals surface area contributed by atoms with E-state index in [1.165, 1.54) is 17.5 Å². The second-order valence-corrected chi connectivity index (χ2v) is 5.26. The fraction of sp³-hybridized carbons (Fsp3) is 0. The molecular weight excluding hydrogens is 302 g/mol. The maximum absolute atomic E-state index is 12.0. The van der Waals surface area contributed by atoms with Gasteiger partial charge in [-0.05, 0) is 18.2 Å². The lowest BCUT2D eigenvalue weighted by molar-refractivity contribution is 0.0994. The minimum absolute atomic E-state index is 0.277. The maximum Gasteiger partial charge on any atom is 0.265 e. The van der Waals surface area contributed by atoms with Gasteiger partial charge in [-0.2, -0.15) is 0 Å². The summed E-state index contributed by atoms with van der Waals surface area (Å²) < 4.78 is 0. The van der Waals surface area contributed by atoms with Crippen molar-refractivity contribution in [2.24, 2.45) is 5.73 Å². The van der Waals surface area contributed by atoms with Crippen LogP contribution in [-0.4, -0.2) is 26.8 Å². The van der Waals surface area contributed by atoms with Gasteiger partial charge in [0, 0.05) is 29.5 Å². The lowest BCUT2D eigenvalue weighted by atomic mass is 10.2. The summed E-state index contributed by atoms with van der Waals surface area (Å²) in [6.45, 7) is 0. The van der Waals surface area contributed by atoms with Crippen LogP contribution in [0.4, 0.5) is 5.13 Å². The van der Waals surface area contributed by atoms with E-state index in [0.29, 0.717) is 22.1 Å². The number of pyridine rings is 1. The monoisotopic (exact) mass is 313 g/mol. The Hall–Kier alpha value is -3.00. The van der Waals surface area contributed by atoms with Crippen LogP contribution in [0.1, 0.15) is 20.8 Å². The maximum atomic E-state index is 12.0. The predicted molar refractivity (Wildman–Crippen MR) is 82.6 cm³/mol. The van der Waals surface area contributed by atoms with Crippen LogP contribution >= 0.6 is 11.3 Å². The molecule has 0 aromatic carbocycles. The number of aromatic amines is 1. The first kappa shape index (κ1) is 14.0. The molecule has 8 heteroatoms. The van der Waals surface area contributed by atoms with Crippen LogP contribution in [0, 0.1) is 0 Å². The van der Waals surface area contributed by atoms with Gasteiger partial charge in [0.25, 0.3) is 11.8 Å². The van der Waals surface area contributed by atoms with Crippen LogP contribution in [0.2, 0.25) is 0 Å². The van der Waals surface area contributed by atoms with Gasteiger partial charge in [0.1, 0.15) is 5.69 Å². The highest BCUT2D eigenvalue weighted by atomic mass is 32.1. The van der Waals surface area contributed by atoms with Gasteiger partial charge in [0.15, 0.2) is 5.13 Å². The van der Waals surface area contributed by atoms with E-state index >= 15 is 0 Å². The Morgan fingerprint density at radius 2 is 2.23 bits per heavy atom. The zero-order chi connectivity index (χ0) is 15.5. The van der Waals surface area contributed by atoms with Crippen LogP contribution in [-0.2, 0) is 0 Å². The third kappa shape index (κ3) is 2.86. The van der Waals surface area contributed by atoms with Crippen molar-refractivity contribution >= 4 is 28.3 Å². The Morgan fingerprint density at radius 3 is 2.91 bits per heavy atom. The summed E-state index contributed by atoms with van der Waals surface area (Å²) in [6.07, 6.45) is 4.72. The summed E-state index contributed by atoms with van der Waals surface area (Å²) in [7, 11) is 0. The molecule has 110 valence electrons. The number of thiazole rings is 1. The number of nitrogens with zero attached hydrogens (tertiary/aromatic N) is 2. The largest absolute Gasteiger partial charge is 0.364 e. The number of anilines is 1. The number of H-pyrrole nitrogens is 1. The number of nitrogens with two attached hydrogens (primary N) is 1. The Kier molecular flexibility index (Phi) is 3.67. The molecule has 3 heterocycles.